The number of hydrogen-bond donors (Lipinski definition) is 1. The van der Waals surface area contributed by atoms with Gasteiger partial charge in [-0.1, -0.05) is 58.4 Å². The van der Waals surface area contributed by atoms with Crippen LogP contribution in [0, 0.1) is 0 Å². The van der Waals surface area contributed by atoms with Crippen molar-refractivity contribution < 1.29 is 19.1 Å². The number of aliphatic hydroxyl groups excluding tert-OH is 1. The molecule has 6 heteroatoms. The van der Waals surface area contributed by atoms with E-state index in [1.807, 2.05) is 30.3 Å². The number of carbonyl (C=O) groups is 2. The smallest absolute Gasteiger partial charge is 0.296 e. The van der Waals surface area contributed by atoms with Gasteiger partial charge < -0.3 is 14.4 Å². The first-order valence-electron chi connectivity index (χ1n) is 8.68. The summed E-state index contributed by atoms with van der Waals surface area (Å²) in [5.41, 5.74) is 1.29. The van der Waals surface area contributed by atoms with E-state index in [0.29, 0.717) is 11.3 Å². The first-order valence-corrected chi connectivity index (χ1v) is 9.47. The quantitative estimate of drug-likeness (QED) is 0.365. The molecule has 4 rings (SSSR count). The SMILES string of the molecule is O=C1C(=O)N(Cc2ccco2)C(c2ccc(Br)cc2)/C1=C(\O)c1ccccc1. The van der Waals surface area contributed by atoms with Gasteiger partial charge in [0.1, 0.15) is 11.5 Å². The number of benzene rings is 2. The summed E-state index contributed by atoms with van der Waals surface area (Å²) < 4.78 is 6.25. The fraction of sp³-hybridized carbons (Fsp3) is 0.0909. The Balaban J connectivity index is 1.86. The van der Waals surface area contributed by atoms with Crippen LogP contribution in [0.5, 0.6) is 0 Å². The number of Topliss-reactive ketones (excluding diaryl/α,β-unsaturated/α-hetero) is 1. The summed E-state index contributed by atoms with van der Waals surface area (Å²) in [6.45, 7) is 0.129. The maximum atomic E-state index is 12.9. The fourth-order valence-corrected chi connectivity index (χ4v) is 3.62. The summed E-state index contributed by atoms with van der Waals surface area (Å²) >= 11 is 3.40. The number of furan rings is 1. The van der Waals surface area contributed by atoms with Crippen molar-refractivity contribution in [3.8, 4) is 0 Å². The van der Waals surface area contributed by atoms with Crippen LogP contribution in [0.1, 0.15) is 22.9 Å². The fourth-order valence-electron chi connectivity index (χ4n) is 3.36. The van der Waals surface area contributed by atoms with E-state index in [4.69, 9.17) is 4.42 Å². The molecule has 1 unspecified atom stereocenters. The first kappa shape index (κ1) is 18.3. The molecule has 1 aliphatic heterocycles. The number of amides is 1. The highest BCUT2D eigenvalue weighted by molar-refractivity contribution is 9.10. The molecule has 1 N–H and O–H groups in total. The van der Waals surface area contributed by atoms with E-state index in [0.717, 1.165) is 10.0 Å². The molecule has 0 bridgehead atoms. The van der Waals surface area contributed by atoms with Gasteiger partial charge in [0.05, 0.1) is 24.4 Å². The molecule has 1 amide bonds. The van der Waals surface area contributed by atoms with Crippen LogP contribution in [0.3, 0.4) is 0 Å². The minimum atomic E-state index is -0.710. The third-order valence-corrected chi connectivity index (χ3v) is 5.21. The van der Waals surface area contributed by atoms with Crippen LogP contribution in [0.15, 0.2) is 87.5 Å². The monoisotopic (exact) mass is 437 g/mol. The molecule has 1 atom stereocenters. The van der Waals surface area contributed by atoms with Crippen LogP contribution < -0.4 is 0 Å². The van der Waals surface area contributed by atoms with Crippen molar-refractivity contribution in [2.45, 2.75) is 12.6 Å². The predicted octanol–water partition coefficient (Wildman–Crippen LogP) is 4.66. The number of rotatable bonds is 4. The van der Waals surface area contributed by atoms with Gasteiger partial charge in [-0.25, -0.2) is 0 Å². The third-order valence-electron chi connectivity index (χ3n) is 4.68. The van der Waals surface area contributed by atoms with Gasteiger partial charge in [-0.2, -0.15) is 0 Å². The Morgan fingerprint density at radius 3 is 2.36 bits per heavy atom. The highest BCUT2D eigenvalue weighted by Gasteiger charge is 2.46. The lowest BCUT2D eigenvalue weighted by Gasteiger charge is -2.24. The molecule has 2 heterocycles. The summed E-state index contributed by atoms with van der Waals surface area (Å²) in [6.07, 6.45) is 1.52. The number of carbonyl (C=O) groups excluding carboxylic acids is 2. The van der Waals surface area contributed by atoms with Crippen molar-refractivity contribution in [1.29, 1.82) is 0 Å². The zero-order valence-electron chi connectivity index (χ0n) is 14.7. The maximum Gasteiger partial charge on any atom is 0.296 e. The minimum absolute atomic E-state index is 0.0741. The van der Waals surface area contributed by atoms with Crippen LogP contribution in [-0.2, 0) is 16.1 Å². The van der Waals surface area contributed by atoms with Crippen molar-refractivity contribution in [3.63, 3.8) is 0 Å². The lowest BCUT2D eigenvalue weighted by atomic mass is 9.95. The van der Waals surface area contributed by atoms with Gasteiger partial charge in [0.25, 0.3) is 11.7 Å². The van der Waals surface area contributed by atoms with Gasteiger partial charge in [0.15, 0.2) is 0 Å². The van der Waals surface area contributed by atoms with Crippen LogP contribution >= 0.6 is 15.9 Å². The van der Waals surface area contributed by atoms with Crippen molar-refractivity contribution in [2.75, 3.05) is 0 Å². The molecule has 5 nitrogen and oxygen atoms in total. The number of aliphatic hydroxyl groups is 1. The standard InChI is InChI=1S/C22H16BrNO4/c23-16-10-8-14(9-11-16)19-18(20(25)15-5-2-1-3-6-15)21(26)22(27)24(19)13-17-7-4-12-28-17/h1-12,19,25H,13H2/b20-18+. The lowest BCUT2D eigenvalue weighted by Crippen LogP contribution is -2.29. The molecule has 0 spiro atoms. The molecule has 0 saturated carbocycles. The molecule has 1 fully saturated rings. The number of halogens is 1. The van der Waals surface area contributed by atoms with Crippen molar-refractivity contribution in [2.24, 2.45) is 0 Å². The Bertz CT molecular complexity index is 1040. The van der Waals surface area contributed by atoms with E-state index in [1.54, 1.807) is 36.4 Å². The van der Waals surface area contributed by atoms with E-state index in [2.05, 4.69) is 15.9 Å². The molecule has 140 valence electrons. The summed E-state index contributed by atoms with van der Waals surface area (Å²) in [6, 6.07) is 18.8. The number of nitrogens with zero attached hydrogens (tertiary/aromatic N) is 1. The molecule has 28 heavy (non-hydrogen) atoms. The van der Waals surface area contributed by atoms with Crippen LogP contribution in [0.25, 0.3) is 5.76 Å². The predicted molar refractivity (Wildman–Crippen MR) is 107 cm³/mol. The van der Waals surface area contributed by atoms with E-state index in [9.17, 15) is 14.7 Å². The molecular formula is C22H16BrNO4. The van der Waals surface area contributed by atoms with Gasteiger partial charge in [-0.15, -0.1) is 0 Å². The summed E-state index contributed by atoms with van der Waals surface area (Å²) in [4.78, 5) is 27.1. The summed E-state index contributed by atoms with van der Waals surface area (Å²) in [7, 11) is 0. The van der Waals surface area contributed by atoms with Crippen molar-refractivity contribution in [1.82, 2.24) is 4.90 Å². The molecule has 1 aromatic heterocycles. The molecule has 1 aliphatic rings. The van der Waals surface area contributed by atoms with Gasteiger partial charge in [0, 0.05) is 10.0 Å². The molecule has 0 aliphatic carbocycles. The highest BCUT2D eigenvalue weighted by atomic mass is 79.9. The third kappa shape index (κ3) is 3.27. The van der Waals surface area contributed by atoms with E-state index < -0.39 is 17.7 Å². The minimum Gasteiger partial charge on any atom is -0.507 e. The van der Waals surface area contributed by atoms with E-state index in [-0.39, 0.29) is 17.9 Å². The Morgan fingerprint density at radius 2 is 1.71 bits per heavy atom. The largest absolute Gasteiger partial charge is 0.507 e. The maximum absolute atomic E-state index is 12.9. The Labute approximate surface area is 170 Å². The number of hydrogen-bond acceptors (Lipinski definition) is 4. The molecule has 0 radical (unpaired) electrons. The van der Waals surface area contributed by atoms with E-state index >= 15 is 0 Å². The second kappa shape index (κ2) is 7.48. The topological polar surface area (TPSA) is 70.8 Å². The highest BCUT2D eigenvalue weighted by Crippen LogP contribution is 2.40. The van der Waals surface area contributed by atoms with Gasteiger partial charge >= 0.3 is 0 Å². The number of likely N-dealkylation sites (tertiary alicyclic amines) is 1. The van der Waals surface area contributed by atoms with Gasteiger partial charge in [0.2, 0.25) is 0 Å². The zero-order valence-corrected chi connectivity index (χ0v) is 16.3. The van der Waals surface area contributed by atoms with Gasteiger partial charge in [-0.3, -0.25) is 9.59 Å². The molecule has 2 aromatic carbocycles. The average Bonchev–Trinajstić information content (AvgIpc) is 3.31. The lowest BCUT2D eigenvalue weighted by molar-refractivity contribution is -0.140. The van der Waals surface area contributed by atoms with Crippen LogP contribution in [0.4, 0.5) is 0 Å². The van der Waals surface area contributed by atoms with Crippen LogP contribution in [0.2, 0.25) is 0 Å². The molecule has 3 aromatic rings. The molecular weight excluding hydrogens is 422 g/mol. The first-order chi connectivity index (χ1) is 13.6. The normalized spacial score (nSPS) is 18.6. The second-order valence-electron chi connectivity index (χ2n) is 6.42. The molecule has 1 saturated heterocycles. The Kier molecular flexibility index (Phi) is 4.88. The van der Waals surface area contributed by atoms with Gasteiger partial charge in [-0.05, 0) is 29.8 Å². The zero-order chi connectivity index (χ0) is 19.7. The van der Waals surface area contributed by atoms with E-state index in [1.165, 1.54) is 11.2 Å². The Morgan fingerprint density at radius 1 is 1.00 bits per heavy atom. The number of ketones is 1. The average molecular weight is 438 g/mol. The summed E-state index contributed by atoms with van der Waals surface area (Å²) in [5.74, 6) is -1.000. The Hall–Kier alpha value is -3.12. The second-order valence-corrected chi connectivity index (χ2v) is 7.34. The van der Waals surface area contributed by atoms with Crippen molar-refractivity contribution >= 4 is 33.4 Å². The summed E-state index contributed by atoms with van der Waals surface area (Å²) in [5, 5.41) is 10.9. The van der Waals surface area contributed by atoms with Crippen molar-refractivity contribution in [3.05, 3.63) is 99.9 Å². The van der Waals surface area contributed by atoms with Crippen LogP contribution in [-0.4, -0.2) is 21.7 Å².